The van der Waals surface area contributed by atoms with E-state index in [1.54, 1.807) is 0 Å². The Bertz CT molecular complexity index is 472. The highest BCUT2D eigenvalue weighted by molar-refractivity contribution is 6.54. The van der Waals surface area contributed by atoms with Gasteiger partial charge in [0.1, 0.15) is 5.60 Å². The van der Waals surface area contributed by atoms with E-state index in [0.29, 0.717) is 12.3 Å². The Morgan fingerprint density at radius 1 is 1.26 bits per heavy atom. The SMILES string of the molecule is CC(C)(C)OC(=O)CC1CC=C(B2OC(C)(C)C(C)(C)O2)CC1. The lowest BCUT2D eigenvalue weighted by molar-refractivity contribution is -0.156. The number of hydrogen-bond donors (Lipinski definition) is 0. The van der Waals surface area contributed by atoms with Crippen LogP contribution in [0.2, 0.25) is 0 Å². The van der Waals surface area contributed by atoms with Crippen LogP contribution in [0.5, 0.6) is 0 Å². The molecule has 0 saturated carbocycles. The van der Waals surface area contributed by atoms with Crippen molar-refractivity contribution in [1.29, 1.82) is 0 Å². The summed E-state index contributed by atoms with van der Waals surface area (Å²) in [5, 5.41) is 0. The zero-order valence-electron chi connectivity index (χ0n) is 15.7. The van der Waals surface area contributed by atoms with Crippen molar-refractivity contribution >= 4 is 13.1 Å². The van der Waals surface area contributed by atoms with Crippen molar-refractivity contribution in [2.24, 2.45) is 5.92 Å². The number of hydrogen-bond acceptors (Lipinski definition) is 4. The Balaban J connectivity index is 1.89. The Morgan fingerprint density at radius 2 is 1.83 bits per heavy atom. The molecule has 0 spiro atoms. The van der Waals surface area contributed by atoms with Crippen LogP contribution >= 0.6 is 0 Å². The highest BCUT2D eigenvalue weighted by Gasteiger charge is 2.52. The number of rotatable bonds is 3. The molecule has 23 heavy (non-hydrogen) atoms. The minimum atomic E-state index is -0.407. The van der Waals surface area contributed by atoms with E-state index < -0.39 is 5.60 Å². The van der Waals surface area contributed by atoms with Crippen molar-refractivity contribution in [3.8, 4) is 0 Å². The quantitative estimate of drug-likeness (QED) is 0.580. The molecule has 1 heterocycles. The Kier molecular flexibility index (Phi) is 5.03. The molecule has 1 fully saturated rings. The molecule has 0 amide bonds. The van der Waals surface area contributed by atoms with Gasteiger partial charge in [0, 0.05) is 6.42 Å². The van der Waals surface area contributed by atoms with Crippen molar-refractivity contribution in [1.82, 2.24) is 0 Å². The summed E-state index contributed by atoms with van der Waals surface area (Å²) in [6.45, 7) is 14.0. The molecule has 1 aliphatic carbocycles. The molecule has 0 aromatic heterocycles. The average Bonchev–Trinajstić information content (AvgIpc) is 2.56. The molecule has 1 unspecified atom stereocenters. The van der Waals surface area contributed by atoms with Gasteiger partial charge in [-0.2, -0.15) is 0 Å². The molecule has 0 bridgehead atoms. The number of carbonyl (C=O) groups excluding carboxylic acids is 1. The predicted octanol–water partition coefficient (Wildman–Crippen LogP) is 4.08. The van der Waals surface area contributed by atoms with Crippen LogP contribution in [0.4, 0.5) is 0 Å². The van der Waals surface area contributed by atoms with Crippen molar-refractivity contribution in [2.45, 2.75) is 91.0 Å². The van der Waals surface area contributed by atoms with E-state index >= 15 is 0 Å². The molecule has 130 valence electrons. The first-order chi connectivity index (χ1) is 10.4. The lowest BCUT2D eigenvalue weighted by atomic mass is 9.70. The molecule has 2 rings (SSSR count). The minimum Gasteiger partial charge on any atom is -0.460 e. The summed E-state index contributed by atoms with van der Waals surface area (Å²) in [5.74, 6) is 0.256. The van der Waals surface area contributed by atoms with E-state index in [-0.39, 0.29) is 24.3 Å². The number of ether oxygens (including phenoxy) is 1. The smallest absolute Gasteiger partial charge is 0.460 e. The van der Waals surface area contributed by atoms with Crippen LogP contribution in [-0.4, -0.2) is 29.9 Å². The third-order valence-electron chi connectivity index (χ3n) is 4.99. The third kappa shape index (κ3) is 4.60. The standard InChI is InChI=1S/C18H31BO4/c1-16(2,3)21-15(20)12-13-8-10-14(11-9-13)19-22-17(4,5)18(6,7)23-19/h10,13H,8-9,11-12H2,1-7H3. The molecular weight excluding hydrogens is 291 g/mol. The zero-order chi connectivity index (χ0) is 17.5. The van der Waals surface area contributed by atoms with Gasteiger partial charge in [-0.3, -0.25) is 4.79 Å². The van der Waals surface area contributed by atoms with Crippen molar-refractivity contribution < 1.29 is 18.8 Å². The summed E-state index contributed by atoms with van der Waals surface area (Å²) in [7, 11) is -0.248. The molecule has 0 aromatic rings. The second-order valence-electron chi connectivity index (χ2n) is 8.80. The van der Waals surface area contributed by atoms with E-state index in [1.165, 1.54) is 5.47 Å². The first-order valence-electron chi connectivity index (χ1n) is 8.66. The fraction of sp³-hybridized carbons (Fsp3) is 0.833. The highest BCUT2D eigenvalue weighted by Crippen LogP contribution is 2.40. The largest absolute Gasteiger partial charge is 0.490 e. The number of esters is 1. The van der Waals surface area contributed by atoms with Crippen LogP contribution in [-0.2, 0) is 18.8 Å². The summed E-state index contributed by atoms with van der Waals surface area (Å²) in [6, 6.07) is 0. The molecule has 1 atom stereocenters. The molecule has 0 radical (unpaired) electrons. The van der Waals surface area contributed by atoms with Gasteiger partial charge in [-0.05, 0) is 79.1 Å². The van der Waals surface area contributed by atoms with E-state index in [2.05, 4.69) is 33.8 Å². The van der Waals surface area contributed by atoms with Crippen LogP contribution in [0.1, 0.15) is 74.1 Å². The molecule has 2 aliphatic rings. The van der Waals surface area contributed by atoms with Gasteiger partial charge in [0.05, 0.1) is 11.2 Å². The lowest BCUT2D eigenvalue weighted by Gasteiger charge is -2.32. The molecule has 1 aliphatic heterocycles. The third-order valence-corrected chi connectivity index (χ3v) is 4.99. The van der Waals surface area contributed by atoms with E-state index in [1.807, 2.05) is 20.8 Å². The minimum absolute atomic E-state index is 0.102. The maximum absolute atomic E-state index is 11.9. The summed E-state index contributed by atoms with van der Waals surface area (Å²) >= 11 is 0. The van der Waals surface area contributed by atoms with Gasteiger partial charge in [-0.1, -0.05) is 6.08 Å². The van der Waals surface area contributed by atoms with E-state index in [9.17, 15) is 4.79 Å². The first-order valence-corrected chi connectivity index (χ1v) is 8.66. The van der Waals surface area contributed by atoms with Crippen LogP contribution in [0.15, 0.2) is 11.5 Å². The predicted molar refractivity (Wildman–Crippen MR) is 92.0 cm³/mol. The first kappa shape index (κ1) is 18.5. The monoisotopic (exact) mass is 322 g/mol. The summed E-state index contributed by atoms with van der Waals surface area (Å²) in [4.78, 5) is 11.9. The highest BCUT2D eigenvalue weighted by atomic mass is 16.7. The normalized spacial score (nSPS) is 26.8. The van der Waals surface area contributed by atoms with Gasteiger partial charge in [0.15, 0.2) is 0 Å². The molecular formula is C18H31BO4. The van der Waals surface area contributed by atoms with Crippen molar-refractivity contribution in [2.75, 3.05) is 0 Å². The summed E-state index contributed by atoms with van der Waals surface area (Å²) < 4.78 is 17.6. The van der Waals surface area contributed by atoms with E-state index in [4.69, 9.17) is 14.0 Å². The van der Waals surface area contributed by atoms with Crippen LogP contribution in [0.3, 0.4) is 0 Å². The second-order valence-corrected chi connectivity index (χ2v) is 8.80. The fourth-order valence-corrected chi connectivity index (χ4v) is 2.92. The molecule has 4 nitrogen and oxygen atoms in total. The second kappa shape index (κ2) is 6.25. The average molecular weight is 322 g/mol. The number of carbonyl (C=O) groups is 1. The van der Waals surface area contributed by atoms with Gasteiger partial charge in [0.2, 0.25) is 0 Å². The van der Waals surface area contributed by atoms with Gasteiger partial charge in [-0.25, -0.2) is 0 Å². The summed E-state index contributed by atoms with van der Waals surface area (Å²) in [6.07, 6.45) is 5.48. The molecule has 5 heteroatoms. The summed E-state index contributed by atoms with van der Waals surface area (Å²) in [5.41, 5.74) is 0.205. The lowest BCUT2D eigenvalue weighted by Crippen LogP contribution is -2.41. The van der Waals surface area contributed by atoms with Crippen LogP contribution < -0.4 is 0 Å². The van der Waals surface area contributed by atoms with E-state index in [0.717, 1.165) is 19.3 Å². The Labute approximate surface area is 141 Å². The van der Waals surface area contributed by atoms with Crippen molar-refractivity contribution in [3.63, 3.8) is 0 Å². The van der Waals surface area contributed by atoms with Crippen molar-refractivity contribution in [3.05, 3.63) is 11.5 Å². The van der Waals surface area contributed by atoms with Crippen LogP contribution in [0, 0.1) is 5.92 Å². The van der Waals surface area contributed by atoms with Gasteiger partial charge in [-0.15, -0.1) is 0 Å². The molecule has 1 saturated heterocycles. The van der Waals surface area contributed by atoms with Gasteiger partial charge < -0.3 is 14.0 Å². The molecule has 0 N–H and O–H groups in total. The fourth-order valence-electron chi connectivity index (χ4n) is 2.92. The molecule has 0 aromatic carbocycles. The Hall–Kier alpha value is -0.805. The van der Waals surface area contributed by atoms with Gasteiger partial charge >= 0.3 is 13.1 Å². The maximum Gasteiger partial charge on any atom is 0.490 e. The zero-order valence-corrected chi connectivity index (χ0v) is 15.7. The van der Waals surface area contributed by atoms with Gasteiger partial charge in [0.25, 0.3) is 0 Å². The maximum atomic E-state index is 11.9. The Morgan fingerprint density at radius 3 is 2.26 bits per heavy atom. The van der Waals surface area contributed by atoms with Crippen LogP contribution in [0.25, 0.3) is 0 Å². The number of allylic oxidation sites excluding steroid dienone is 2. The topological polar surface area (TPSA) is 44.8 Å².